The summed E-state index contributed by atoms with van der Waals surface area (Å²) in [5.41, 5.74) is 16.4. The smallest absolute Gasteiger partial charge is 0.160 e. The van der Waals surface area contributed by atoms with Gasteiger partial charge in [-0.05, 0) is 57.1 Å². The molecule has 0 atom stereocenters. The molecular formula is C50H30N2O. The first-order chi connectivity index (χ1) is 26.3. The molecule has 8 aromatic carbocycles. The minimum atomic E-state index is 0.711. The van der Waals surface area contributed by atoms with Crippen LogP contribution in [0.3, 0.4) is 0 Å². The van der Waals surface area contributed by atoms with Crippen LogP contribution in [0.15, 0.2) is 186 Å². The van der Waals surface area contributed by atoms with Crippen molar-refractivity contribution in [3.63, 3.8) is 0 Å². The number of aromatic nitrogens is 2. The number of benzene rings is 8. The Kier molecular flexibility index (Phi) is 6.55. The highest BCUT2D eigenvalue weighted by Gasteiger charge is 2.25. The molecule has 11 rings (SSSR count). The quantitative estimate of drug-likeness (QED) is 0.182. The molecule has 0 N–H and O–H groups in total. The molecule has 1 aliphatic rings. The zero-order valence-electron chi connectivity index (χ0n) is 28.6. The molecule has 0 aliphatic heterocycles. The van der Waals surface area contributed by atoms with Crippen LogP contribution in [0.1, 0.15) is 0 Å². The van der Waals surface area contributed by atoms with Crippen molar-refractivity contribution < 1.29 is 4.42 Å². The normalized spacial score (nSPS) is 11.8. The zero-order chi connectivity index (χ0) is 34.9. The molecule has 10 aromatic rings. The molecule has 3 heteroatoms. The Morgan fingerprint density at radius 3 is 1.64 bits per heavy atom. The first-order valence-electron chi connectivity index (χ1n) is 18.0. The Bertz CT molecular complexity index is 2980. The van der Waals surface area contributed by atoms with Gasteiger partial charge in [-0.3, -0.25) is 0 Å². The maximum Gasteiger partial charge on any atom is 0.160 e. The van der Waals surface area contributed by atoms with E-state index >= 15 is 0 Å². The van der Waals surface area contributed by atoms with Gasteiger partial charge in [0.05, 0.1) is 11.4 Å². The molecule has 53 heavy (non-hydrogen) atoms. The summed E-state index contributed by atoms with van der Waals surface area (Å²) in [7, 11) is 0. The number of fused-ring (bicyclic) bond motifs is 7. The topological polar surface area (TPSA) is 38.9 Å². The van der Waals surface area contributed by atoms with Gasteiger partial charge in [-0.15, -0.1) is 0 Å². The second kappa shape index (κ2) is 11.7. The van der Waals surface area contributed by atoms with Gasteiger partial charge in [-0.1, -0.05) is 164 Å². The molecule has 2 heterocycles. The molecule has 246 valence electrons. The Hall–Kier alpha value is -7.10. The van der Waals surface area contributed by atoms with Crippen molar-refractivity contribution in [2.24, 2.45) is 0 Å². The lowest BCUT2D eigenvalue weighted by Crippen LogP contribution is -1.96. The lowest BCUT2D eigenvalue weighted by Gasteiger charge is -2.11. The zero-order valence-corrected chi connectivity index (χ0v) is 28.6. The SMILES string of the molecule is c1ccc(-c2cc(-c3cccc(-c4ccc(-c5cccc6c5oc5c7cccc8c7c(cc65)-c5ccccc5-8)cc4)c3)nc(-c3ccccc3)n2)cc1. The standard InChI is InChI=1S/C50H30N2O/c1-3-12-33(13-4-1)45-30-46(52-50(51-45)34-14-5-2-6-15-34)36-17-9-16-35(28-36)31-24-26-32(27-25-31)37-20-10-22-41-44-29-43-39-19-8-7-18-38(39)40-21-11-23-42(47(40)43)49(44)53-48(37)41/h1-30H. The molecule has 0 radical (unpaired) electrons. The third-order valence-corrected chi connectivity index (χ3v) is 10.6. The average Bonchev–Trinajstić information content (AvgIpc) is 3.78. The van der Waals surface area contributed by atoms with Crippen molar-refractivity contribution in [3.8, 4) is 78.4 Å². The lowest BCUT2D eigenvalue weighted by molar-refractivity contribution is 0.674. The van der Waals surface area contributed by atoms with Crippen LogP contribution in [0.5, 0.6) is 0 Å². The number of nitrogens with zero attached hydrogens (tertiary/aromatic N) is 2. The molecule has 0 amide bonds. The van der Waals surface area contributed by atoms with Crippen LogP contribution in [-0.2, 0) is 0 Å². The summed E-state index contributed by atoms with van der Waals surface area (Å²) in [6.07, 6.45) is 0. The van der Waals surface area contributed by atoms with E-state index in [1.54, 1.807) is 0 Å². The minimum absolute atomic E-state index is 0.711. The number of rotatable bonds is 5. The summed E-state index contributed by atoms with van der Waals surface area (Å²) in [6.45, 7) is 0. The van der Waals surface area contributed by atoms with Gasteiger partial charge in [0.15, 0.2) is 5.82 Å². The van der Waals surface area contributed by atoms with Gasteiger partial charge >= 0.3 is 0 Å². The molecule has 0 spiro atoms. The molecule has 0 unspecified atom stereocenters. The number of para-hydroxylation sites is 1. The second-order valence-corrected chi connectivity index (χ2v) is 13.7. The van der Waals surface area contributed by atoms with Crippen molar-refractivity contribution in [1.29, 1.82) is 0 Å². The fourth-order valence-electron chi connectivity index (χ4n) is 8.12. The largest absolute Gasteiger partial charge is 0.455 e. The van der Waals surface area contributed by atoms with E-state index in [4.69, 9.17) is 14.4 Å². The molecule has 0 saturated carbocycles. The third kappa shape index (κ3) is 4.75. The molecule has 3 nitrogen and oxygen atoms in total. The van der Waals surface area contributed by atoms with Crippen LogP contribution in [0.25, 0.3) is 111 Å². The summed E-state index contributed by atoms with van der Waals surface area (Å²) in [5.74, 6) is 0.711. The molecule has 2 aromatic heterocycles. The van der Waals surface area contributed by atoms with Gasteiger partial charge in [0.2, 0.25) is 0 Å². The van der Waals surface area contributed by atoms with Gasteiger partial charge in [-0.2, -0.15) is 0 Å². The van der Waals surface area contributed by atoms with E-state index in [-0.39, 0.29) is 0 Å². The molecular weight excluding hydrogens is 645 g/mol. The highest BCUT2D eigenvalue weighted by molar-refractivity contribution is 6.26. The van der Waals surface area contributed by atoms with Crippen molar-refractivity contribution in [3.05, 3.63) is 182 Å². The van der Waals surface area contributed by atoms with E-state index in [0.717, 1.165) is 72.3 Å². The van der Waals surface area contributed by atoms with Crippen molar-refractivity contribution in [1.82, 2.24) is 9.97 Å². The van der Waals surface area contributed by atoms with E-state index < -0.39 is 0 Å². The van der Waals surface area contributed by atoms with Gasteiger partial charge in [0.1, 0.15) is 11.2 Å². The number of hydrogen-bond acceptors (Lipinski definition) is 3. The summed E-state index contributed by atoms with van der Waals surface area (Å²) in [6, 6.07) is 64.2. The summed E-state index contributed by atoms with van der Waals surface area (Å²) in [5, 5.41) is 4.74. The number of furan rings is 1. The van der Waals surface area contributed by atoms with Crippen LogP contribution in [0, 0.1) is 0 Å². The second-order valence-electron chi connectivity index (χ2n) is 13.7. The van der Waals surface area contributed by atoms with E-state index in [1.165, 1.54) is 33.0 Å². The maximum absolute atomic E-state index is 6.84. The Morgan fingerprint density at radius 2 is 0.868 bits per heavy atom. The molecule has 0 saturated heterocycles. The highest BCUT2D eigenvalue weighted by atomic mass is 16.3. The van der Waals surface area contributed by atoms with Crippen LogP contribution in [0.2, 0.25) is 0 Å². The molecule has 1 aliphatic carbocycles. The van der Waals surface area contributed by atoms with Crippen molar-refractivity contribution in [2.45, 2.75) is 0 Å². The van der Waals surface area contributed by atoms with Gasteiger partial charge in [0, 0.05) is 43.8 Å². The Labute approximate surface area is 306 Å². The van der Waals surface area contributed by atoms with Crippen molar-refractivity contribution >= 4 is 32.7 Å². The predicted molar refractivity (Wildman–Crippen MR) is 218 cm³/mol. The summed E-state index contributed by atoms with van der Waals surface area (Å²) in [4.78, 5) is 10.0. The highest BCUT2D eigenvalue weighted by Crippen LogP contribution is 2.51. The minimum Gasteiger partial charge on any atom is -0.455 e. The first-order valence-corrected chi connectivity index (χ1v) is 18.0. The van der Waals surface area contributed by atoms with Gasteiger partial charge in [-0.25, -0.2) is 9.97 Å². The molecule has 0 fully saturated rings. The van der Waals surface area contributed by atoms with Crippen molar-refractivity contribution in [2.75, 3.05) is 0 Å². The first kappa shape index (κ1) is 29.6. The Balaban J connectivity index is 0.981. The van der Waals surface area contributed by atoms with E-state index in [9.17, 15) is 0 Å². The third-order valence-electron chi connectivity index (χ3n) is 10.6. The van der Waals surface area contributed by atoms with Gasteiger partial charge in [0.25, 0.3) is 0 Å². The lowest BCUT2D eigenvalue weighted by atomic mass is 9.96. The van der Waals surface area contributed by atoms with Crippen LogP contribution in [0.4, 0.5) is 0 Å². The van der Waals surface area contributed by atoms with Crippen LogP contribution < -0.4 is 0 Å². The predicted octanol–water partition coefficient (Wildman–Crippen LogP) is 13.5. The fraction of sp³-hybridized carbons (Fsp3) is 0. The number of hydrogen-bond donors (Lipinski definition) is 0. The van der Waals surface area contributed by atoms with E-state index in [1.807, 2.05) is 36.4 Å². The summed E-state index contributed by atoms with van der Waals surface area (Å²) < 4.78 is 6.84. The van der Waals surface area contributed by atoms with Crippen LogP contribution in [-0.4, -0.2) is 9.97 Å². The Morgan fingerprint density at radius 1 is 0.302 bits per heavy atom. The monoisotopic (exact) mass is 674 g/mol. The summed E-state index contributed by atoms with van der Waals surface area (Å²) >= 11 is 0. The van der Waals surface area contributed by atoms with E-state index in [0.29, 0.717) is 5.82 Å². The van der Waals surface area contributed by atoms with Gasteiger partial charge < -0.3 is 4.42 Å². The molecule has 0 bridgehead atoms. The van der Waals surface area contributed by atoms with Crippen LogP contribution >= 0.6 is 0 Å². The average molecular weight is 675 g/mol. The van der Waals surface area contributed by atoms with E-state index in [2.05, 4.69) is 146 Å². The maximum atomic E-state index is 6.84. The fourth-order valence-corrected chi connectivity index (χ4v) is 8.12.